The lowest BCUT2D eigenvalue weighted by atomic mass is 9.98. The number of aryl methyl sites for hydroxylation is 2. The van der Waals surface area contributed by atoms with Crippen LogP contribution in [-0.4, -0.2) is 21.0 Å². The highest BCUT2D eigenvalue weighted by atomic mass is 16.6. The SMILES string of the molecule is Cc1cc(-c2cccc([N+](=O)[O-])c2)c(C(=O)O)c(C)n1. The number of hydrogen-bond acceptors (Lipinski definition) is 4. The Morgan fingerprint density at radius 1 is 1.30 bits per heavy atom. The molecular formula is C14H12N2O4. The lowest BCUT2D eigenvalue weighted by Crippen LogP contribution is -2.06. The van der Waals surface area contributed by atoms with Gasteiger partial charge in [0.1, 0.15) is 0 Å². The fourth-order valence-corrected chi connectivity index (χ4v) is 2.11. The molecule has 6 nitrogen and oxygen atoms in total. The fourth-order valence-electron chi connectivity index (χ4n) is 2.11. The number of aromatic carboxylic acids is 1. The molecule has 0 saturated heterocycles. The van der Waals surface area contributed by atoms with E-state index in [1.807, 2.05) is 0 Å². The maximum absolute atomic E-state index is 11.4. The summed E-state index contributed by atoms with van der Waals surface area (Å²) in [7, 11) is 0. The third-order valence-electron chi connectivity index (χ3n) is 2.91. The summed E-state index contributed by atoms with van der Waals surface area (Å²) < 4.78 is 0. The van der Waals surface area contributed by atoms with Gasteiger partial charge in [-0.3, -0.25) is 15.1 Å². The van der Waals surface area contributed by atoms with Crippen molar-refractivity contribution in [3.8, 4) is 11.1 Å². The zero-order valence-electron chi connectivity index (χ0n) is 11.0. The molecule has 0 atom stereocenters. The maximum Gasteiger partial charge on any atom is 0.338 e. The van der Waals surface area contributed by atoms with Crippen LogP contribution in [0.4, 0.5) is 5.69 Å². The maximum atomic E-state index is 11.4. The lowest BCUT2D eigenvalue weighted by Gasteiger charge is -2.10. The standard InChI is InChI=1S/C14H12N2O4/c1-8-6-12(13(14(17)18)9(2)15-8)10-4-3-5-11(7-10)16(19)20/h3-7H,1-2H3,(H,17,18). The van der Waals surface area contributed by atoms with Crippen LogP contribution in [0, 0.1) is 24.0 Å². The number of nitro groups is 1. The number of aromatic nitrogens is 1. The van der Waals surface area contributed by atoms with Gasteiger partial charge in [-0.25, -0.2) is 4.79 Å². The quantitative estimate of drug-likeness (QED) is 0.684. The molecule has 0 fully saturated rings. The zero-order chi connectivity index (χ0) is 14.9. The van der Waals surface area contributed by atoms with Crippen LogP contribution in [0.3, 0.4) is 0 Å². The van der Waals surface area contributed by atoms with Crippen LogP contribution in [0.5, 0.6) is 0 Å². The van der Waals surface area contributed by atoms with E-state index >= 15 is 0 Å². The second-order valence-electron chi connectivity index (χ2n) is 4.38. The number of carboxylic acids is 1. The molecule has 0 spiro atoms. The zero-order valence-corrected chi connectivity index (χ0v) is 11.0. The molecule has 1 aromatic carbocycles. The van der Waals surface area contributed by atoms with Crippen LogP contribution < -0.4 is 0 Å². The number of nitrogens with zero attached hydrogens (tertiary/aromatic N) is 2. The van der Waals surface area contributed by atoms with E-state index in [-0.39, 0.29) is 11.3 Å². The predicted octanol–water partition coefficient (Wildman–Crippen LogP) is 2.97. The van der Waals surface area contributed by atoms with Crippen molar-refractivity contribution >= 4 is 11.7 Å². The first-order valence-electron chi connectivity index (χ1n) is 5.86. The molecule has 0 saturated carbocycles. The van der Waals surface area contributed by atoms with Crippen LogP contribution in [0.25, 0.3) is 11.1 Å². The van der Waals surface area contributed by atoms with Gasteiger partial charge in [-0.1, -0.05) is 12.1 Å². The van der Waals surface area contributed by atoms with Crippen molar-refractivity contribution in [1.29, 1.82) is 0 Å². The van der Waals surface area contributed by atoms with Gasteiger partial charge >= 0.3 is 5.97 Å². The largest absolute Gasteiger partial charge is 0.478 e. The molecule has 0 amide bonds. The van der Waals surface area contributed by atoms with Crippen LogP contribution in [0.15, 0.2) is 30.3 Å². The van der Waals surface area contributed by atoms with E-state index in [2.05, 4.69) is 4.98 Å². The van der Waals surface area contributed by atoms with E-state index in [0.717, 1.165) is 0 Å². The lowest BCUT2D eigenvalue weighted by molar-refractivity contribution is -0.384. The highest BCUT2D eigenvalue weighted by Crippen LogP contribution is 2.29. The number of hydrogen-bond donors (Lipinski definition) is 1. The molecule has 0 aliphatic heterocycles. The molecule has 2 aromatic rings. The molecule has 0 bridgehead atoms. The molecule has 1 heterocycles. The van der Waals surface area contributed by atoms with E-state index in [1.54, 1.807) is 26.0 Å². The molecule has 0 aliphatic rings. The molecule has 2 rings (SSSR count). The molecule has 0 radical (unpaired) electrons. The normalized spacial score (nSPS) is 10.3. The summed E-state index contributed by atoms with van der Waals surface area (Å²) >= 11 is 0. The van der Waals surface area contributed by atoms with Gasteiger partial charge in [-0.2, -0.15) is 0 Å². The Morgan fingerprint density at radius 3 is 2.60 bits per heavy atom. The Kier molecular flexibility index (Phi) is 3.47. The summed E-state index contributed by atoms with van der Waals surface area (Å²) in [5, 5.41) is 20.1. The Bertz CT molecular complexity index is 710. The molecule has 0 aliphatic carbocycles. The second-order valence-corrected chi connectivity index (χ2v) is 4.38. The summed E-state index contributed by atoms with van der Waals surface area (Å²) in [6, 6.07) is 7.53. The average Bonchev–Trinajstić information content (AvgIpc) is 2.37. The highest BCUT2D eigenvalue weighted by molar-refractivity contribution is 5.97. The smallest absolute Gasteiger partial charge is 0.338 e. The third-order valence-corrected chi connectivity index (χ3v) is 2.91. The van der Waals surface area contributed by atoms with Gasteiger partial charge < -0.3 is 5.11 Å². The van der Waals surface area contributed by atoms with Crippen LogP contribution >= 0.6 is 0 Å². The Hall–Kier alpha value is -2.76. The van der Waals surface area contributed by atoms with Gasteiger partial charge in [0.15, 0.2) is 0 Å². The van der Waals surface area contributed by atoms with Crippen LogP contribution in [0.1, 0.15) is 21.7 Å². The third kappa shape index (κ3) is 2.49. The number of pyridine rings is 1. The summed E-state index contributed by atoms with van der Waals surface area (Å²) in [6.07, 6.45) is 0. The number of carboxylic acid groups (broad SMARTS) is 1. The molecule has 20 heavy (non-hydrogen) atoms. The average molecular weight is 272 g/mol. The highest BCUT2D eigenvalue weighted by Gasteiger charge is 2.18. The minimum Gasteiger partial charge on any atom is -0.478 e. The van der Waals surface area contributed by atoms with Gasteiger partial charge in [-0.05, 0) is 25.5 Å². The molecule has 0 unspecified atom stereocenters. The molecule has 102 valence electrons. The Morgan fingerprint density at radius 2 is 2.00 bits per heavy atom. The van der Waals surface area contributed by atoms with E-state index in [4.69, 9.17) is 0 Å². The second kappa shape index (κ2) is 5.08. The van der Waals surface area contributed by atoms with E-state index in [0.29, 0.717) is 22.5 Å². The molecule has 1 aromatic heterocycles. The van der Waals surface area contributed by atoms with Gasteiger partial charge in [0, 0.05) is 23.4 Å². The Labute approximate surface area is 114 Å². The number of carbonyl (C=O) groups is 1. The van der Waals surface area contributed by atoms with E-state index in [1.165, 1.54) is 18.2 Å². The van der Waals surface area contributed by atoms with E-state index in [9.17, 15) is 20.0 Å². The first kappa shape index (κ1) is 13.7. The first-order chi connectivity index (χ1) is 9.40. The summed E-state index contributed by atoms with van der Waals surface area (Å²) in [5.41, 5.74) is 1.96. The molecular weight excluding hydrogens is 260 g/mol. The van der Waals surface area contributed by atoms with Gasteiger partial charge in [0.25, 0.3) is 5.69 Å². The van der Waals surface area contributed by atoms with Crippen molar-refractivity contribution < 1.29 is 14.8 Å². The van der Waals surface area contributed by atoms with Crippen molar-refractivity contribution in [1.82, 2.24) is 4.98 Å². The minimum absolute atomic E-state index is 0.0658. The van der Waals surface area contributed by atoms with Gasteiger partial charge in [-0.15, -0.1) is 0 Å². The number of rotatable bonds is 3. The number of non-ortho nitro benzene ring substituents is 1. The van der Waals surface area contributed by atoms with Gasteiger partial charge in [0.2, 0.25) is 0 Å². The number of benzene rings is 1. The van der Waals surface area contributed by atoms with Crippen molar-refractivity contribution in [2.75, 3.05) is 0 Å². The van der Waals surface area contributed by atoms with Crippen molar-refractivity contribution in [2.24, 2.45) is 0 Å². The predicted molar refractivity (Wildman–Crippen MR) is 72.8 cm³/mol. The summed E-state index contributed by atoms with van der Waals surface area (Å²) in [5.74, 6) is -1.10. The van der Waals surface area contributed by atoms with Crippen molar-refractivity contribution in [3.63, 3.8) is 0 Å². The summed E-state index contributed by atoms with van der Waals surface area (Å²) in [6.45, 7) is 3.36. The van der Waals surface area contributed by atoms with E-state index < -0.39 is 10.9 Å². The van der Waals surface area contributed by atoms with Crippen molar-refractivity contribution in [2.45, 2.75) is 13.8 Å². The van der Waals surface area contributed by atoms with Crippen LogP contribution in [0.2, 0.25) is 0 Å². The fraction of sp³-hybridized carbons (Fsp3) is 0.143. The molecule has 6 heteroatoms. The monoisotopic (exact) mass is 272 g/mol. The topological polar surface area (TPSA) is 93.3 Å². The minimum atomic E-state index is -1.10. The first-order valence-corrected chi connectivity index (χ1v) is 5.86. The van der Waals surface area contributed by atoms with Crippen molar-refractivity contribution in [3.05, 3.63) is 57.4 Å². The Balaban J connectivity index is 2.71. The van der Waals surface area contributed by atoms with Gasteiger partial charge in [0.05, 0.1) is 16.2 Å². The molecule has 1 N–H and O–H groups in total. The number of nitro benzene ring substituents is 1. The summed E-state index contributed by atoms with van der Waals surface area (Å²) in [4.78, 5) is 25.8. The van der Waals surface area contributed by atoms with Crippen LogP contribution in [-0.2, 0) is 0 Å².